The molecule has 0 atom stereocenters. The Bertz CT molecular complexity index is 804. The predicted octanol–water partition coefficient (Wildman–Crippen LogP) is -0.0409. The maximum absolute atomic E-state index is 12.8. The Morgan fingerprint density at radius 3 is 2.44 bits per heavy atom. The van der Waals surface area contributed by atoms with Gasteiger partial charge in [0.15, 0.2) is 0 Å². The van der Waals surface area contributed by atoms with Crippen molar-refractivity contribution in [3.8, 4) is 5.75 Å². The van der Waals surface area contributed by atoms with Gasteiger partial charge in [0.05, 0.1) is 26.0 Å². The summed E-state index contributed by atoms with van der Waals surface area (Å²) in [6, 6.07) is 4.26. The number of carbonyl (C=O) groups is 2. The normalized spacial score (nSPS) is 18.9. The molecule has 2 aliphatic heterocycles. The molecular weight excluding hydrogens is 374 g/mol. The standard InChI is InChI=1S/C17H23N3O6S/c1-25-14-3-2-13(20-16(21)4-5-17(20)22)12-15(14)27(23,24)18-6-7-19-8-10-26-11-9-19/h2-3,12,18H,4-11H2,1H3. The van der Waals surface area contributed by atoms with E-state index in [2.05, 4.69) is 9.62 Å². The molecule has 2 amide bonds. The highest BCUT2D eigenvalue weighted by Crippen LogP contribution is 2.31. The highest BCUT2D eigenvalue weighted by Gasteiger charge is 2.32. The van der Waals surface area contributed by atoms with Crippen LogP contribution in [0.2, 0.25) is 0 Å². The molecule has 0 aliphatic carbocycles. The Hall–Kier alpha value is -2.01. The maximum atomic E-state index is 12.8. The molecule has 0 saturated carbocycles. The quantitative estimate of drug-likeness (QED) is 0.644. The highest BCUT2D eigenvalue weighted by atomic mass is 32.2. The van der Waals surface area contributed by atoms with Gasteiger partial charge in [-0.05, 0) is 18.2 Å². The molecule has 10 heteroatoms. The van der Waals surface area contributed by atoms with Crippen LogP contribution < -0.4 is 14.4 Å². The van der Waals surface area contributed by atoms with Crippen LogP contribution in [0.3, 0.4) is 0 Å². The monoisotopic (exact) mass is 397 g/mol. The SMILES string of the molecule is COc1ccc(N2C(=O)CCC2=O)cc1S(=O)(=O)NCCN1CCOCC1. The van der Waals surface area contributed by atoms with Gasteiger partial charge in [0.1, 0.15) is 10.6 Å². The molecule has 0 spiro atoms. The first kappa shape index (κ1) is 19.7. The Kier molecular flexibility index (Phi) is 6.10. The number of imide groups is 1. The third kappa shape index (κ3) is 4.46. The molecule has 0 bridgehead atoms. The lowest BCUT2D eigenvalue weighted by Crippen LogP contribution is -2.41. The van der Waals surface area contributed by atoms with Crippen molar-refractivity contribution in [1.29, 1.82) is 0 Å². The van der Waals surface area contributed by atoms with Gasteiger partial charge in [0.2, 0.25) is 21.8 Å². The van der Waals surface area contributed by atoms with E-state index in [4.69, 9.17) is 9.47 Å². The average molecular weight is 397 g/mol. The van der Waals surface area contributed by atoms with Gasteiger partial charge in [-0.25, -0.2) is 13.1 Å². The molecule has 3 rings (SSSR count). The van der Waals surface area contributed by atoms with Crippen molar-refractivity contribution in [2.45, 2.75) is 17.7 Å². The number of benzene rings is 1. The van der Waals surface area contributed by atoms with Crippen LogP contribution in [0.15, 0.2) is 23.1 Å². The van der Waals surface area contributed by atoms with E-state index >= 15 is 0 Å². The number of hydrogen-bond acceptors (Lipinski definition) is 7. The summed E-state index contributed by atoms with van der Waals surface area (Å²) in [5.74, 6) is -0.528. The summed E-state index contributed by atoms with van der Waals surface area (Å²) in [7, 11) is -2.50. The predicted molar refractivity (Wildman–Crippen MR) is 97.2 cm³/mol. The van der Waals surface area contributed by atoms with E-state index in [-0.39, 0.29) is 47.5 Å². The van der Waals surface area contributed by atoms with Crippen molar-refractivity contribution >= 4 is 27.5 Å². The average Bonchev–Trinajstić information content (AvgIpc) is 3.00. The minimum Gasteiger partial charge on any atom is -0.495 e. The molecule has 27 heavy (non-hydrogen) atoms. The van der Waals surface area contributed by atoms with E-state index in [1.54, 1.807) is 0 Å². The third-order valence-corrected chi connectivity index (χ3v) is 6.05. The van der Waals surface area contributed by atoms with Crippen LogP contribution >= 0.6 is 0 Å². The topological polar surface area (TPSA) is 105 Å². The Morgan fingerprint density at radius 1 is 1.15 bits per heavy atom. The van der Waals surface area contributed by atoms with Gasteiger partial charge in [-0.15, -0.1) is 0 Å². The van der Waals surface area contributed by atoms with Crippen molar-refractivity contribution < 1.29 is 27.5 Å². The Labute approximate surface area is 158 Å². The fraction of sp³-hybridized carbons (Fsp3) is 0.529. The number of nitrogens with one attached hydrogen (secondary N) is 1. The molecule has 1 aromatic rings. The first-order valence-electron chi connectivity index (χ1n) is 8.76. The van der Waals surface area contributed by atoms with Gasteiger partial charge in [-0.3, -0.25) is 19.4 Å². The molecule has 2 saturated heterocycles. The van der Waals surface area contributed by atoms with Crippen molar-refractivity contribution in [2.24, 2.45) is 0 Å². The van der Waals surface area contributed by atoms with Gasteiger partial charge in [0.25, 0.3) is 0 Å². The van der Waals surface area contributed by atoms with Crippen LogP contribution in [0.25, 0.3) is 0 Å². The number of hydrogen-bond donors (Lipinski definition) is 1. The van der Waals surface area contributed by atoms with Crippen LogP contribution in [0.4, 0.5) is 5.69 Å². The number of methoxy groups -OCH3 is 1. The summed E-state index contributed by atoms with van der Waals surface area (Å²) in [5.41, 5.74) is 0.233. The smallest absolute Gasteiger partial charge is 0.244 e. The van der Waals surface area contributed by atoms with E-state index in [0.29, 0.717) is 19.8 Å². The maximum Gasteiger partial charge on any atom is 0.244 e. The largest absolute Gasteiger partial charge is 0.495 e. The summed E-state index contributed by atoms with van der Waals surface area (Å²) in [5, 5.41) is 0. The number of amides is 2. The van der Waals surface area contributed by atoms with Crippen molar-refractivity contribution in [2.75, 3.05) is 51.4 Å². The van der Waals surface area contributed by atoms with Gasteiger partial charge >= 0.3 is 0 Å². The molecule has 1 N–H and O–H groups in total. The lowest BCUT2D eigenvalue weighted by molar-refractivity contribution is -0.121. The van der Waals surface area contributed by atoms with Gasteiger partial charge in [0, 0.05) is 39.0 Å². The van der Waals surface area contributed by atoms with Gasteiger partial charge in [-0.1, -0.05) is 0 Å². The summed E-state index contributed by atoms with van der Waals surface area (Å²) >= 11 is 0. The molecular formula is C17H23N3O6S. The number of carbonyl (C=O) groups excluding carboxylic acids is 2. The van der Waals surface area contributed by atoms with Crippen molar-refractivity contribution in [1.82, 2.24) is 9.62 Å². The van der Waals surface area contributed by atoms with E-state index < -0.39 is 10.0 Å². The van der Waals surface area contributed by atoms with Gasteiger partial charge in [-0.2, -0.15) is 0 Å². The summed E-state index contributed by atoms with van der Waals surface area (Å²) < 4.78 is 38.5. The number of nitrogens with zero attached hydrogens (tertiary/aromatic N) is 2. The van der Waals surface area contributed by atoms with Crippen LogP contribution in [0.5, 0.6) is 5.75 Å². The zero-order valence-corrected chi connectivity index (χ0v) is 16.0. The number of morpholine rings is 1. The van der Waals surface area contributed by atoms with E-state index in [1.165, 1.54) is 25.3 Å². The lowest BCUT2D eigenvalue weighted by Gasteiger charge is -2.26. The fourth-order valence-electron chi connectivity index (χ4n) is 3.12. The zero-order valence-electron chi connectivity index (χ0n) is 15.1. The minimum atomic E-state index is -3.87. The minimum absolute atomic E-state index is 0.100. The second-order valence-corrected chi connectivity index (χ2v) is 8.05. The number of sulfonamides is 1. The second-order valence-electron chi connectivity index (χ2n) is 6.31. The fourth-order valence-corrected chi connectivity index (χ4v) is 4.33. The van der Waals surface area contributed by atoms with E-state index in [9.17, 15) is 18.0 Å². The molecule has 9 nitrogen and oxygen atoms in total. The number of anilines is 1. The lowest BCUT2D eigenvalue weighted by atomic mass is 10.2. The molecule has 0 aromatic heterocycles. The third-order valence-electron chi connectivity index (χ3n) is 4.57. The molecule has 2 heterocycles. The van der Waals surface area contributed by atoms with Crippen molar-refractivity contribution in [3.05, 3.63) is 18.2 Å². The van der Waals surface area contributed by atoms with Crippen molar-refractivity contribution in [3.63, 3.8) is 0 Å². The molecule has 2 aliphatic rings. The van der Waals surface area contributed by atoms with Crippen LogP contribution in [-0.4, -0.2) is 71.6 Å². The zero-order chi connectivity index (χ0) is 19.4. The number of rotatable bonds is 7. The van der Waals surface area contributed by atoms with E-state index in [0.717, 1.165) is 18.0 Å². The first-order chi connectivity index (χ1) is 12.9. The van der Waals surface area contributed by atoms with Crippen LogP contribution in [-0.2, 0) is 24.3 Å². The molecule has 148 valence electrons. The highest BCUT2D eigenvalue weighted by molar-refractivity contribution is 7.89. The van der Waals surface area contributed by atoms with Crippen LogP contribution in [0.1, 0.15) is 12.8 Å². The molecule has 0 radical (unpaired) electrons. The van der Waals surface area contributed by atoms with E-state index in [1.807, 2.05) is 0 Å². The Morgan fingerprint density at radius 2 is 1.81 bits per heavy atom. The van der Waals surface area contributed by atoms with Crippen LogP contribution in [0, 0.1) is 0 Å². The summed E-state index contributed by atoms with van der Waals surface area (Å²) in [4.78, 5) is 26.9. The number of ether oxygens (including phenoxy) is 2. The Balaban J connectivity index is 1.77. The molecule has 2 fully saturated rings. The first-order valence-corrected chi connectivity index (χ1v) is 10.2. The van der Waals surface area contributed by atoms with Gasteiger partial charge < -0.3 is 9.47 Å². The summed E-state index contributed by atoms with van der Waals surface area (Å²) in [6.45, 7) is 3.60. The molecule has 0 unspecified atom stereocenters. The molecule has 1 aromatic carbocycles. The second kappa shape index (κ2) is 8.34. The summed E-state index contributed by atoms with van der Waals surface area (Å²) in [6.07, 6.45) is 0.259.